The number of imide groups is 1. The van der Waals surface area contributed by atoms with Crippen LogP contribution in [0.25, 0.3) is 0 Å². The lowest BCUT2D eigenvalue weighted by Gasteiger charge is -2.23. The van der Waals surface area contributed by atoms with Crippen molar-refractivity contribution in [2.24, 2.45) is 0 Å². The molecule has 144 valence electrons. The molecule has 6 nitrogen and oxygen atoms in total. The Morgan fingerprint density at radius 1 is 1.18 bits per heavy atom. The molecule has 2 N–H and O–H groups in total. The average Bonchev–Trinajstić information content (AvgIpc) is 3.20. The third kappa shape index (κ3) is 3.14. The average molecular weight is 398 g/mol. The number of halogens is 1. The molecular weight excluding hydrogens is 378 g/mol. The fraction of sp³-hybridized carbons (Fsp3) is 0.286. The minimum atomic E-state index is -1.30. The summed E-state index contributed by atoms with van der Waals surface area (Å²) in [5, 5.41) is 5.82. The van der Waals surface area contributed by atoms with Crippen LogP contribution in [0.1, 0.15) is 30.0 Å². The highest BCUT2D eigenvalue weighted by atomic mass is 35.5. The predicted molar refractivity (Wildman–Crippen MR) is 106 cm³/mol. The van der Waals surface area contributed by atoms with Crippen molar-refractivity contribution in [3.63, 3.8) is 0 Å². The van der Waals surface area contributed by atoms with Gasteiger partial charge < -0.3 is 10.6 Å². The number of nitrogens with zero attached hydrogens (tertiary/aromatic N) is 1. The third-order valence-corrected chi connectivity index (χ3v) is 5.70. The number of rotatable bonds is 4. The monoisotopic (exact) mass is 397 g/mol. The number of carbonyl (C=O) groups excluding carboxylic acids is 3. The lowest BCUT2D eigenvalue weighted by Crippen LogP contribution is -2.42. The van der Waals surface area contributed by atoms with Crippen LogP contribution in [0.5, 0.6) is 0 Å². The van der Waals surface area contributed by atoms with E-state index in [0.29, 0.717) is 16.3 Å². The molecule has 28 heavy (non-hydrogen) atoms. The number of anilines is 1. The molecule has 0 unspecified atom stereocenters. The number of amides is 4. The van der Waals surface area contributed by atoms with Crippen molar-refractivity contribution in [3.8, 4) is 0 Å². The highest BCUT2D eigenvalue weighted by molar-refractivity contribution is 6.32. The second kappa shape index (κ2) is 6.95. The molecule has 0 bridgehead atoms. The number of carbonyl (C=O) groups is 3. The fourth-order valence-electron chi connectivity index (χ4n) is 3.88. The summed E-state index contributed by atoms with van der Waals surface area (Å²) in [5.74, 6) is -0.931. The Balaban J connectivity index is 1.49. The molecule has 7 heteroatoms. The van der Waals surface area contributed by atoms with Crippen molar-refractivity contribution >= 4 is 35.1 Å². The fourth-order valence-corrected chi connectivity index (χ4v) is 4.21. The molecule has 0 spiro atoms. The summed E-state index contributed by atoms with van der Waals surface area (Å²) in [7, 11) is 0. The lowest BCUT2D eigenvalue weighted by atomic mass is 9.92. The first-order chi connectivity index (χ1) is 13.4. The highest BCUT2D eigenvalue weighted by Crippen LogP contribution is 2.33. The number of hydrogen-bond donors (Lipinski definition) is 2. The first-order valence-electron chi connectivity index (χ1n) is 9.19. The molecule has 2 aromatic rings. The van der Waals surface area contributed by atoms with Crippen molar-refractivity contribution in [1.82, 2.24) is 10.2 Å². The molecule has 1 atom stereocenters. The number of nitrogens with one attached hydrogen (secondary N) is 2. The standard InChI is InChI=1S/C21H20ClN3O3/c1-21(16-7-2-3-8-17(16)22)19(27)25(20(28)24-21)12-18(26)23-15-10-9-13-5-4-6-14(13)11-15/h2-3,7-11H,4-6,12H2,1H3,(H,23,26)(H,24,28)/t21-/m1/s1. The minimum absolute atomic E-state index is 0.359. The number of hydrogen-bond acceptors (Lipinski definition) is 3. The quantitative estimate of drug-likeness (QED) is 0.777. The minimum Gasteiger partial charge on any atom is -0.325 e. The van der Waals surface area contributed by atoms with Gasteiger partial charge in [-0.05, 0) is 55.5 Å². The van der Waals surface area contributed by atoms with Gasteiger partial charge in [-0.2, -0.15) is 0 Å². The van der Waals surface area contributed by atoms with E-state index in [1.807, 2.05) is 18.2 Å². The maximum atomic E-state index is 12.9. The summed E-state index contributed by atoms with van der Waals surface area (Å²) in [4.78, 5) is 38.7. The summed E-state index contributed by atoms with van der Waals surface area (Å²) in [5.41, 5.74) is 2.41. The Labute approximate surface area is 167 Å². The van der Waals surface area contributed by atoms with Crippen LogP contribution in [0, 0.1) is 0 Å². The SMILES string of the molecule is C[C@]1(c2ccccc2Cl)NC(=O)N(CC(=O)Nc2ccc3c(c2)CCC3)C1=O. The van der Waals surface area contributed by atoms with E-state index in [1.54, 1.807) is 31.2 Å². The summed E-state index contributed by atoms with van der Waals surface area (Å²) in [6.07, 6.45) is 3.19. The van der Waals surface area contributed by atoms with Gasteiger partial charge in [-0.1, -0.05) is 35.9 Å². The van der Waals surface area contributed by atoms with Crippen LogP contribution in [-0.2, 0) is 28.0 Å². The number of urea groups is 1. The molecule has 1 heterocycles. The van der Waals surface area contributed by atoms with Gasteiger partial charge in [-0.15, -0.1) is 0 Å². The molecule has 4 rings (SSSR count). The Morgan fingerprint density at radius 2 is 1.93 bits per heavy atom. The number of benzene rings is 2. The second-order valence-electron chi connectivity index (χ2n) is 7.31. The summed E-state index contributed by atoms with van der Waals surface area (Å²) >= 11 is 6.21. The Bertz CT molecular complexity index is 991. The molecule has 1 aliphatic heterocycles. The van der Waals surface area contributed by atoms with Gasteiger partial charge in [-0.3, -0.25) is 14.5 Å². The van der Waals surface area contributed by atoms with Crippen LogP contribution in [0.3, 0.4) is 0 Å². The summed E-state index contributed by atoms with van der Waals surface area (Å²) in [6.45, 7) is 1.23. The van der Waals surface area contributed by atoms with Crippen LogP contribution >= 0.6 is 11.6 Å². The van der Waals surface area contributed by atoms with E-state index in [2.05, 4.69) is 10.6 Å². The van der Waals surface area contributed by atoms with Gasteiger partial charge >= 0.3 is 6.03 Å². The van der Waals surface area contributed by atoms with Crippen LogP contribution < -0.4 is 10.6 Å². The molecule has 2 aliphatic rings. The molecule has 0 aromatic heterocycles. The third-order valence-electron chi connectivity index (χ3n) is 5.37. The van der Waals surface area contributed by atoms with E-state index < -0.39 is 23.4 Å². The Hall–Kier alpha value is -2.86. The van der Waals surface area contributed by atoms with Gasteiger partial charge in [0.2, 0.25) is 5.91 Å². The zero-order chi connectivity index (χ0) is 19.9. The lowest BCUT2D eigenvalue weighted by molar-refractivity contribution is -0.133. The van der Waals surface area contributed by atoms with Crippen molar-refractivity contribution in [1.29, 1.82) is 0 Å². The van der Waals surface area contributed by atoms with E-state index in [4.69, 9.17) is 11.6 Å². The second-order valence-corrected chi connectivity index (χ2v) is 7.72. The largest absolute Gasteiger partial charge is 0.325 e. The van der Waals surface area contributed by atoms with Crippen LogP contribution in [0.15, 0.2) is 42.5 Å². The van der Waals surface area contributed by atoms with E-state index in [9.17, 15) is 14.4 Å². The first kappa shape index (κ1) is 18.5. The molecule has 0 radical (unpaired) electrons. The maximum absolute atomic E-state index is 12.9. The number of aryl methyl sites for hydroxylation is 2. The van der Waals surface area contributed by atoms with Gasteiger partial charge in [0.15, 0.2) is 0 Å². The van der Waals surface area contributed by atoms with Crippen LogP contribution in [-0.4, -0.2) is 29.3 Å². The van der Waals surface area contributed by atoms with E-state index in [-0.39, 0.29) is 6.54 Å². The van der Waals surface area contributed by atoms with Crippen molar-refractivity contribution in [2.75, 3.05) is 11.9 Å². The predicted octanol–water partition coefficient (Wildman–Crippen LogP) is 3.23. The van der Waals surface area contributed by atoms with Gasteiger partial charge in [0.25, 0.3) is 5.91 Å². The molecule has 1 fully saturated rings. The molecular formula is C21H20ClN3O3. The zero-order valence-corrected chi connectivity index (χ0v) is 16.2. The van der Waals surface area contributed by atoms with Crippen molar-refractivity contribution in [3.05, 3.63) is 64.2 Å². The van der Waals surface area contributed by atoms with Crippen LogP contribution in [0.2, 0.25) is 5.02 Å². The van der Waals surface area contributed by atoms with Crippen LogP contribution in [0.4, 0.5) is 10.5 Å². The van der Waals surface area contributed by atoms with Gasteiger partial charge in [0.05, 0.1) is 0 Å². The first-order valence-corrected chi connectivity index (χ1v) is 9.57. The summed E-state index contributed by atoms with van der Waals surface area (Å²) in [6, 6.07) is 12.0. The summed E-state index contributed by atoms with van der Waals surface area (Å²) < 4.78 is 0. The van der Waals surface area contributed by atoms with E-state index in [1.165, 1.54) is 11.1 Å². The van der Waals surface area contributed by atoms with Crippen molar-refractivity contribution < 1.29 is 14.4 Å². The van der Waals surface area contributed by atoms with Gasteiger partial charge in [0.1, 0.15) is 12.1 Å². The molecule has 1 aliphatic carbocycles. The normalized spacial score (nSPS) is 20.9. The van der Waals surface area contributed by atoms with E-state index >= 15 is 0 Å². The van der Waals surface area contributed by atoms with E-state index in [0.717, 1.165) is 24.2 Å². The molecule has 0 saturated carbocycles. The molecule has 2 aromatic carbocycles. The highest BCUT2D eigenvalue weighted by Gasteiger charge is 2.50. The topological polar surface area (TPSA) is 78.5 Å². The van der Waals surface area contributed by atoms with Gasteiger partial charge in [-0.25, -0.2) is 4.79 Å². The number of fused-ring (bicyclic) bond motifs is 1. The van der Waals surface area contributed by atoms with Crippen molar-refractivity contribution in [2.45, 2.75) is 31.7 Å². The Morgan fingerprint density at radius 3 is 2.71 bits per heavy atom. The van der Waals surface area contributed by atoms with Gasteiger partial charge in [0, 0.05) is 16.3 Å². The smallest absolute Gasteiger partial charge is 0.325 e. The zero-order valence-electron chi connectivity index (χ0n) is 15.4. The molecule has 4 amide bonds. The Kier molecular flexibility index (Phi) is 4.59. The molecule has 1 saturated heterocycles. The maximum Gasteiger partial charge on any atom is 0.325 e.